The number of aryl methyl sites for hydroxylation is 3. The van der Waals surface area contributed by atoms with Gasteiger partial charge in [-0.25, -0.2) is 8.42 Å². The molecule has 1 aliphatic rings. The lowest BCUT2D eigenvalue weighted by atomic mass is 10.1. The lowest BCUT2D eigenvalue weighted by Gasteiger charge is -2.34. The van der Waals surface area contributed by atoms with E-state index in [1.165, 1.54) is 15.1 Å². The van der Waals surface area contributed by atoms with Crippen LogP contribution in [0.1, 0.15) is 16.7 Å². The van der Waals surface area contributed by atoms with E-state index in [4.69, 9.17) is 0 Å². The highest BCUT2D eigenvalue weighted by Gasteiger charge is 2.30. The van der Waals surface area contributed by atoms with Crippen molar-refractivity contribution in [2.75, 3.05) is 31.1 Å². The van der Waals surface area contributed by atoms with Crippen LogP contribution in [-0.2, 0) is 10.0 Å². The first-order valence-corrected chi connectivity index (χ1v) is 11.7. The fourth-order valence-electron chi connectivity index (χ4n) is 3.75. The number of anilines is 1. The van der Waals surface area contributed by atoms with Crippen LogP contribution in [0, 0.1) is 20.8 Å². The zero-order valence-electron chi connectivity index (χ0n) is 17.9. The van der Waals surface area contributed by atoms with Crippen molar-refractivity contribution >= 4 is 15.8 Å². The molecule has 1 aliphatic heterocycles. The quantitative estimate of drug-likeness (QED) is 0.626. The van der Waals surface area contributed by atoms with E-state index in [-0.39, 0.29) is 5.56 Å². The molecule has 4 rings (SSSR count). The maximum atomic E-state index is 13.0. The molecule has 0 amide bonds. The van der Waals surface area contributed by atoms with Crippen molar-refractivity contribution in [1.29, 1.82) is 0 Å². The van der Waals surface area contributed by atoms with Crippen LogP contribution in [0.3, 0.4) is 0 Å². The molecule has 8 heteroatoms. The van der Waals surface area contributed by atoms with Gasteiger partial charge < -0.3 is 4.90 Å². The standard InChI is InChI=1S/C23H26N4O3S/c1-17-8-9-20(16-19(17)3)27-23(28)11-10-22(24-27)25-12-14-26(15-13-25)31(29,30)21-7-5-4-6-18(21)2/h4-11,16H,12-15H2,1-3H3. The Hall–Kier alpha value is -2.97. The second-order valence-corrected chi connectivity index (χ2v) is 9.77. The van der Waals surface area contributed by atoms with Crippen LogP contribution in [0.25, 0.3) is 5.69 Å². The van der Waals surface area contributed by atoms with Crippen molar-refractivity contribution < 1.29 is 8.42 Å². The van der Waals surface area contributed by atoms with Gasteiger partial charge >= 0.3 is 0 Å². The van der Waals surface area contributed by atoms with Gasteiger partial charge in [-0.2, -0.15) is 8.99 Å². The fourth-order valence-corrected chi connectivity index (χ4v) is 5.40. The van der Waals surface area contributed by atoms with Gasteiger partial charge in [-0.3, -0.25) is 4.79 Å². The Balaban J connectivity index is 1.55. The molecule has 31 heavy (non-hydrogen) atoms. The summed E-state index contributed by atoms with van der Waals surface area (Å²) >= 11 is 0. The molecule has 2 aromatic carbocycles. The summed E-state index contributed by atoms with van der Waals surface area (Å²) in [4.78, 5) is 14.8. The molecule has 1 saturated heterocycles. The summed E-state index contributed by atoms with van der Waals surface area (Å²) in [6.45, 7) is 7.57. The Bertz CT molecular complexity index is 1280. The number of hydrogen-bond donors (Lipinski definition) is 0. The zero-order valence-corrected chi connectivity index (χ0v) is 18.8. The van der Waals surface area contributed by atoms with Crippen LogP contribution in [0.4, 0.5) is 5.82 Å². The van der Waals surface area contributed by atoms with Crippen molar-refractivity contribution in [3.05, 3.63) is 81.6 Å². The molecule has 3 aromatic rings. The van der Waals surface area contributed by atoms with E-state index in [1.807, 2.05) is 56.0 Å². The predicted octanol–water partition coefficient (Wildman–Crippen LogP) is 2.67. The zero-order chi connectivity index (χ0) is 22.2. The largest absolute Gasteiger partial charge is 0.353 e. The highest BCUT2D eigenvalue weighted by atomic mass is 32.2. The van der Waals surface area contributed by atoms with E-state index in [2.05, 4.69) is 5.10 Å². The smallest absolute Gasteiger partial charge is 0.271 e. The first-order valence-electron chi connectivity index (χ1n) is 10.3. The second-order valence-electron chi connectivity index (χ2n) is 7.87. The van der Waals surface area contributed by atoms with E-state index in [0.29, 0.717) is 36.9 Å². The summed E-state index contributed by atoms with van der Waals surface area (Å²) in [6, 6.07) is 16.0. The lowest BCUT2D eigenvalue weighted by Crippen LogP contribution is -2.49. The lowest BCUT2D eigenvalue weighted by molar-refractivity contribution is 0.383. The van der Waals surface area contributed by atoms with E-state index in [9.17, 15) is 13.2 Å². The minimum Gasteiger partial charge on any atom is -0.353 e. The first-order chi connectivity index (χ1) is 14.8. The molecule has 2 heterocycles. The third-order valence-electron chi connectivity index (χ3n) is 5.80. The normalized spacial score (nSPS) is 15.3. The number of hydrogen-bond acceptors (Lipinski definition) is 5. The molecule has 0 unspecified atom stereocenters. The number of piperazine rings is 1. The van der Waals surface area contributed by atoms with Crippen molar-refractivity contribution in [2.45, 2.75) is 25.7 Å². The maximum absolute atomic E-state index is 13.0. The molecule has 0 N–H and O–H groups in total. The summed E-state index contributed by atoms with van der Waals surface area (Å²) in [5, 5.41) is 4.56. The van der Waals surface area contributed by atoms with Crippen LogP contribution in [0.2, 0.25) is 0 Å². The average Bonchev–Trinajstić information content (AvgIpc) is 2.76. The van der Waals surface area contributed by atoms with Crippen LogP contribution in [0.15, 0.2) is 64.3 Å². The number of sulfonamides is 1. The Morgan fingerprint density at radius 2 is 1.52 bits per heavy atom. The molecular formula is C23H26N4O3S. The van der Waals surface area contributed by atoms with Crippen LogP contribution < -0.4 is 10.5 Å². The van der Waals surface area contributed by atoms with Gasteiger partial charge in [0.05, 0.1) is 10.6 Å². The summed E-state index contributed by atoms with van der Waals surface area (Å²) in [5.41, 5.74) is 3.50. The highest BCUT2D eigenvalue weighted by molar-refractivity contribution is 7.89. The molecule has 7 nitrogen and oxygen atoms in total. The van der Waals surface area contributed by atoms with E-state index in [1.54, 1.807) is 18.2 Å². The van der Waals surface area contributed by atoms with Gasteiger partial charge in [0.2, 0.25) is 10.0 Å². The second kappa shape index (κ2) is 8.28. The van der Waals surface area contributed by atoms with Crippen molar-refractivity contribution in [3.8, 4) is 5.69 Å². The van der Waals surface area contributed by atoms with E-state index in [0.717, 1.165) is 22.4 Å². The minimum atomic E-state index is -3.53. The van der Waals surface area contributed by atoms with Crippen molar-refractivity contribution in [1.82, 2.24) is 14.1 Å². The third-order valence-corrected chi connectivity index (χ3v) is 7.85. The topological polar surface area (TPSA) is 75.5 Å². The first kappa shape index (κ1) is 21.3. The fraction of sp³-hybridized carbons (Fsp3) is 0.304. The van der Waals surface area contributed by atoms with Gasteiger partial charge in [0, 0.05) is 32.2 Å². The third kappa shape index (κ3) is 4.13. The molecule has 0 atom stereocenters. The Labute approximate surface area is 182 Å². The number of nitrogens with zero attached hydrogens (tertiary/aromatic N) is 4. The van der Waals surface area contributed by atoms with Crippen molar-refractivity contribution in [3.63, 3.8) is 0 Å². The number of aromatic nitrogens is 2. The van der Waals surface area contributed by atoms with Gasteiger partial charge in [-0.05, 0) is 61.7 Å². The van der Waals surface area contributed by atoms with Crippen LogP contribution in [0.5, 0.6) is 0 Å². The number of benzene rings is 2. The van der Waals surface area contributed by atoms with Gasteiger partial charge in [-0.1, -0.05) is 24.3 Å². The summed E-state index contributed by atoms with van der Waals surface area (Å²) < 4.78 is 29.0. The average molecular weight is 439 g/mol. The summed E-state index contributed by atoms with van der Waals surface area (Å²) in [6.07, 6.45) is 0. The summed E-state index contributed by atoms with van der Waals surface area (Å²) in [7, 11) is -3.53. The molecule has 162 valence electrons. The van der Waals surface area contributed by atoms with E-state index >= 15 is 0 Å². The van der Waals surface area contributed by atoms with Gasteiger partial charge in [-0.15, -0.1) is 5.10 Å². The Kier molecular flexibility index (Phi) is 5.68. The minimum absolute atomic E-state index is 0.201. The molecule has 0 radical (unpaired) electrons. The maximum Gasteiger partial charge on any atom is 0.271 e. The SMILES string of the molecule is Cc1ccc(-n2nc(N3CCN(S(=O)(=O)c4ccccc4C)CC3)ccc2=O)cc1C. The van der Waals surface area contributed by atoms with Crippen molar-refractivity contribution in [2.24, 2.45) is 0 Å². The molecule has 0 spiro atoms. The molecule has 1 aromatic heterocycles. The van der Waals surface area contributed by atoms with Crippen LogP contribution in [-0.4, -0.2) is 48.7 Å². The Morgan fingerprint density at radius 1 is 0.806 bits per heavy atom. The van der Waals surface area contributed by atoms with Gasteiger partial charge in [0.25, 0.3) is 5.56 Å². The monoisotopic (exact) mass is 438 g/mol. The van der Waals surface area contributed by atoms with Crippen LogP contribution >= 0.6 is 0 Å². The van der Waals surface area contributed by atoms with Gasteiger partial charge in [0.1, 0.15) is 5.82 Å². The Morgan fingerprint density at radius 3 is 2.19 bits per heavy atom. The van der Waals surface area contributed by atoms with Gasteiger partial charge in [0.15, 0.2) is 0 Å². The van der Waals surface area contributed by atoms with E-state index < -0.39 is 10.0 Å². The summed E-state index contributed by atoms with van der Waals surface area (Å²) in [5.74, 6) is 0.658. The molecule has 0 saturated carbocycles. The molecule has 0 bridgehead atoms. The molecular weight excluding hydrogens is 412 g/mol. The molecule has 1 fully saturated rings. The number of rotatable bonds is 4. The highest BCUT2D eigenvalue weighted by Crippen LogP contribution is 2.22. The predicted molar refractivity (Wildman–Crippen MR) is 121 cm³/mol. The molecule has 0 aliphatic carbocycles.